The number of nitrogens with two attached hydrogens (primary N) is 1. The van der Waals surface area contributed by atoms with Gasteiger partial charge < -0.3 is 15.6 Å². The predicted molar refractivity (Wildman–Crippen MR) is 116 cm³/mol. The standard InChI is InChI=1S/C24H27NO3/c1-5-7-18-15-19(8-6-2)24(28-16(3)4)21(23(18)27)13-14-22(26)17-9-11-20(25)12-10-17/h5-6,9-16,27H,1-2,7-8,25H2,3-4H3/b14-13+. The lowest BCUT2D eigenvalue weighted by atomic mass is 9.97. The van der Waals surface area contributed by atoms with Gasteiger partial charge in [-0.25, -0.2) is 0 Å². The molecule has 28 heavy (non-hydrogen) atoms. The Hall–Kier alpha value is -3.27. The highest BCUT2D eigenvalue weighted by Crippen LogP contribution is 2.38. The summed E-state index contributed by atoms with van der Waals surface area (Å²) in [6, 6.07) is 8.60. The molecule has 2 rings (SSSR count). The molecule has 0 heterocycles. The summed E-state index contributed by atoms with van der Waals surface area (Å²) < 4.78 is 5.98. The van der Waals surface area contributed by atoms with Gasteiger partial charge in [-0.1, -0.05) is 12.2 Å². The van der Waals surface area contributed by atoms with Crippen LogP contribution in [-0.4, -0.2) is 17.0 Å². The van der Waals surface area contributed by atoms with Crippen molar-refractivity contribution in [2.75, 3.05) is 5.73 Å². The van der Waals surface area contributed by atoms with Gasteiger partial charge in [0.25, 0.3) is 0 Å². The molecule has 0 atom stereocenters. The van der Waals surface area contributed by atoms with Gasteiger partial charge >= 0.3 is 0 Å². The lowest BCUT2D eigenvalue weighted by molar-refractivity contribution is 0.104. The van der Waals surface area contributed by atoms with Crippen LogP contribution in [0.4, 0.5) is 5.69 Å². The number of ether oxygens (including phenoxy) is 1. The summed E-state index contributed by atoms with van der Waals surface area (Å²) in [5, 5.41) is 10.8. The summed E-state index contributed by atoms with van der Waals surface area (Å²) in [6.07, 6.45) is 7.54. The average Bonchev–Trinajstić information content (AvgIpc) is 2.65. The van der Waals surface area contributed by atoms with E-state index in [1.54, 1.807) is 42.5 Å². The first-order valence-electron chi connectivity index (χ1n) is 9.21. The number of carbonyl (C=O) groups excluding carboxylic acids is 1. The average molecular weight is 377 g/mol. The van der Waals surface area contributed by atoms with E-state index in [-0.39, 0.29) is 17.6 Å². The maximum Gasteiger partial charge on any atom is 0.185 e. The van der Waals surface area contributed by atoms with Gasteiger partial charge in [-0.2, -0.15) is 0 Å². The summed E-state index contributed by atoms with van der Waals surface area (Å²) in [6.45, 7) is 11.4. The molecule has 146 valence electrons. The minimum atomic E-state index is -0.186. The summed E-state index contributed by atoms with van der Waals surface area (Å²) in [5.74, 6) is 0.459. The molecule has 0 aliphatic rings. The molecule has 2 aromatic rings. The minimum absolute atomic E-state index is 0.0877. The first-order valence-corrected chi connectivity index (χ1v) is 9.21. The second kappa shape index (κ2) is 9.60. The molecule has 2 aromatic carbocycles. The van der Waals surface area contributed by atoms with Crippen molar-refractivity contribution in [2.45, 2.75) is 32.8 Å². The molecule has 4 heteroatoms. The first-order chi connectivity index (χ1) is 13.4. The van der Waals surface area contributed by atoms with Crippen LogP contribution in [0.25, 0.3) is 6.08 Å². The monoisotopic (exact) mass is 377 g/mol. The number of phenols is 1. The predicted octanol–water partition coefficient (Wildman–Crippen LogP) is 5.11. The molecule has 4 nitrogen and oxygen atoms in total. The third-order valence-electron chi connectivity index (χ3n) is 4.12. The van der Waals surface area contributed by atoms with Gasteiger partial charge in [-0.05, 0) is 80.3 Å². The molecule has 0 aliphatic carbocycles. The number of phenolic OH excluding ortho intramolecular Hbond substituents is 1. The van der Waals surface area contributed by atoms with Crippen LogP contribution in [0.2, 0.25) is 0 Å². The van der Waals surface area contributed by atoms with Crippen LogP contribution in [0.5, 0.6) is 11.5 Å². The zero-order chi connectivity index (χ0) is 20.7. The fraction of sp³-hybridized carbons (Fsp3) is 0.208. The van der Waals surface area contributed by atoms with Crippen molar-refractivity contribution < 1.29 is 14.6 Å². The SMILES string of the molecule is C=CCc1cc(CC=C)c(OC(C)C)c(/C=C/C(=O)c2ccc(N)cc2)c1O. The quantitative estimate of drug-likeness (QED) is 0.275. The van der Waals surface area contributed by atoms with Gasteiger partial charge in [0.15, 0.2) is 5.78 Å². The van der Waals surface area contributed by atoms with Gasteiger partial charge in [-0.3, -0.25) is 4.79 Å². The number of anilines is 1. The Morgan fingerprint density at radius 1 is 1.14 bits per heavy atom. The van der Waals surface area contributed by atoms with Gasteiger partial charge in [0.05, 0.1) is 11.7 Å². The maximum atomic E-state index is 12.5. The third-order valence-corrected chi connectivity index (χ3v) is 4.12. The summed E-state index contributed by atoms with van der Waals surface area (Å²) in [5.41, 5.74) is 8.89. The van der Waals surface area contributed by atoms with E-state index in [1.807, 2.05) is 19.9 Å². The minimum Gasteiger partial charge on any atom is -0.507 e. The Labute approximate surface area is 166 Å². The van der Waals surface area contributed by atoms with Crippen LogP contribution in [0.3, 0.4) is 0 Å². The second-order valence-electron chi connectivity index (χ2n) is 6.76. The molecule has 0 bridgehead atoms. The topological polar surface area (TPSA) is 72.5 Å². The number of benzene rings is 2. The molecule has 0 saturated carbocycles. The van der Waals surface area contributed by atoms with Crippen molar-refractivity contribution >= 4 is 17.5 Å². The zero-order valence-electron chi connectivity index (χ0n) is 16.4. The summed E-state index contributed by atoms with van der Waals surface area (Å²) >= 11 is 0. The molecule has 0 fully saturated rings. The molecule has 0 spiro atoms. The highest BCUT2D eigenvalue weighted by Gasteiger charge is 2.18. The number of carbonyl (C=O) groups is 1. The fourth-order valence-corrected chi connectivity index (χ4v) is 2.85. The van der Waals surface area contributed by atoms with Gasteiger partial charge in [0, 0.05) is 11.3 Å². The smallest absolute Gasteiger partial charge is 0.185 e. The van der Waals surface area contributed by atoms with Crippen molar-refractivity contribution in [3.8, 4) is 11.5 Å². The van der Waals surface area contributed by atoms with E-state index in [0.29, 0.717) is 35.4 Å². The van der Waals surface area contributed by atoms with Crippen LogP contribution in [-0.2, 0) is 12.8 Å². The number of hydrogen-bond donors (Lipinski definition) is 2. The Balaban J connectivity index is 2.54. The van der Waals surface area contributed by atoms with Crippen molar-refractivity contribution in [1.29, 1.82) is 0 Å². The van der Waals surface area contributed by atoms with Crippen molar-refractivity contribution in [3.63, 3.8) is 0 Å². The first kappa shape index (κ1) is 21.0. The number of rotatable bonds is 9. The van der Waals surface area contributed by atoms with Crippen LogP contribution in [0, 0.1) is 0 Å². The van der Waals surface area contributed by atoms with E-state index >= 15 is 0 Å². The molecule has 0 saturated heterocycles. The van der Waals surface area contributed by atoms with E-state index in [0.717, 1.165) is 11.1 Å². The third kappa shape index (κ3) is 5.13. The zero-order valence-corrected chi connectivity index (χ0v) is 16.4. The molecule has 0 aromatic heterocycles. The molecular formula is C24H27NO3. The second-order valence-corrected chi connectivity index (χ2v) is 6.76. The Kier molecular flexibility index (Phi) is 7.21. The summed E-state index contributed by atoms with van der Waals surface area (Å²) in [4.78, 5) is 12.5. The Morgan fingerprint density at radius 3 is 2.32 bits per heavy atom. The highest BCUT2D eigenvalue weighted by atomic mass is 16.5. The van der Waals surface area contributed by atoms with E-state index in [1.165, 1.54) is 6.08 Å². The van der Waals surface area contributed by atoms with E-state index in [4.69, 9.17) is 10.5 Å². The molecule has 0 aliphatic heterocycles. The molecular weight excluding hydrogens is 350 g/mol. The van der Waals surface area contributed by atoms with Crippen molar-refractivity contribution in [1.82, 2.24) is 0 Å². The largest absolute Gasteiger partial charge is 0.507 e. The molecule has 0 amide bonds. The fourth-order valence-electron chi connectivity index (χ4n) is 2.85. The van der Waals surface area contributed by atoms with Crippen LogP contribution >= 0.6 is 0 Å². The Bertz CT molecular complexity index is 893. The lowest BCUT2D eigenvalue weighted by Crippen LogP contribution is -2.10. The number of allylic oxidation sites excluding steroid dienone is 3. The normalized spacial score (nSPS) is 11.0. The number of aromatic hydroxyl groups is 1. The molecule has 3 N–H and O–H groups in total. The van der Waals surface area contributed by atoms with Crippen LogP contribution in [0.15, 0.2) is 61.7 Å². The van der Waals surface area contributed by atoms with Gasteiger partial charge in [0.1, 0.15) is 11.5 Å². The Morgan fingerprint density at radius 2 is 1.75 bits per heavy atom. The number of hydrogen-bond acceptors (Lipinski definition) is 4. The number of nitrogen functional groups attached to an aromatic ring is 1. The van der Waals surface area contributed by atoms with E-state index in [2.05, 4.69) is 13.2 Å². The van der Waals surface area contributed by atoms with E-state index in [9.17, 15) is 9.90 Å². The van der Waals surface area contributed by atoms with Gasteiger partial charge in [-0.15, -0.1) is 13.2 Å². The van der Waals surface area contributed by atoms with E-state index < -0.39 is 0 Å². The molecule has 0 unspecified atom stereocenters. The number of ketones is 1. The highest BCUT2D eigenvalue weighted by molar-refractivity contribution is 6.07. The molecule has 0 radical (unpaired) electrons. The lowest BCUT2D eigenvalue weighted by Gasteiger charge is -2.19. The van der Waals surface area contributed by atoms with Crippen LogP contribution < -0.4 is 10.5 Å². The maximum absolute atomic E-state index is 12.5. The van der Waals surface area contributed by atoms with Crippen LogP contribution in [0.1, 0.15) is 40.9 Å². The summed E-state index contributed by atoms with van der Waals surface area (Å²) in [7, 11) is 0. The van der Waals surface area contributed by atoms with Crippen molar-refractivity contribution in [2.24, 2.45) is 0 Å². The van der Waals surface area contributed by atoms with Gasteiger partial charge in [0.2, 0.25) is 0 Å². The van der Waals surface area contributed by atoms with Crippen molar-refractivity contribution in [3.05, 3.63) is 84.0 Å².